The summed E-state index contributed by atoms with van der Waals surface area (Å²) in [7, 11) is -3.53. The van der Waals surface area contributed by atoms with Crippen LogP contribution >= 0.6 is 0 Å². The van der Waals surface area contributed by atoms with E-state index in [4.69, 9.17) is 4.52 Å². The highest BCUT2D eigenvalue weighted by atomic mass is 32.2. The summed E-state index contributed by atoms with van der Waals surface area (Å²) in [5.74, 6) is 0.432. The molecule has 1 aromatic rings. The molecule has 0 radical (unpaired) electrons. The van der Waals surface area contributed by atoms with E-state index in [1.165, 1.54) is 0 Å². The molecule has 2 amide bonds. The van der Waals surface area contributed by atoms with Crippen LogP contribution in [0.2, 0.25) is 0 Å². The summed E-state index contributed by atoms with van der Waals surface area (Å²) in [6, 6.07) is -0.786. The number of sulfonamides is 1. The number of nitrogens with zero attached hydrogens (tertiary/aromatic N) is 1. The molecule has 1 aliphatic rings. The molecule has 0 aliphatic heterocycles. The van der Waals surface area contributed by atoms with Crippen molar-refractivity contribution in [1.82, 2.24) is 9.88 Å². The van der Waals surface area contributed by atoms with Gasteiger partial charge >= 0.3 is 6.03 Å². The van der Waals surface area contributed by atoms with Gasteiger partial charge in [-0.25, -0.2) is 17.9 Å². The highest BCUT2D eigenvalue weighted by Crippen LogP contribution is 2.27. The Bertz CT molecular complexity index is 525. The second kappa shape index (κ2) is 4.02. The number of rotatable bonds is 3. The number of amides is 2. The molecule has 1 fully saturated rings. The first-order valence-electron chi connectivity index (χ1n) is 5.15. The highest BCUT2D eigenvalue weighted by molar-refractivity contribution is 7.90. The fraction of sp³-hybridized carbons (Fsp3) is 0.556. The Morgan fingerprint density at radius 1 is 1.41 bits per heavy atom. The van der Waals surface area contributed by atoms with Crippen molar-refractivity contribution >= 4 is 21.7 Å². The van der Waals surface area contributed by atoms with Crippen LogP contribution in [-0.2, 0) is 10.0 Å². The zero-order valence-corrected chi connectivity index (χ0v) is 10.3. The minimum Gasteiger partial charge on any atom is -0.359 e. The summed E-state index contributed by atoms with van der Waals surface area (Å²) in [6.07, 6.45) is 1.21. The maximum absolute atomic E-state index is 11.5. The molecular formula is C9H13N3O4S. The van der Waals surface area contributed by atoms with Crippen molar-refractivity contribution in [3.63, 3.8) is 0 Å². The van der Waals surface area contributed by atoms with E-state index in [-0.39, 0.29) is 0 Å². The first kappa shape index (κ1) is 11.9. The molecule has 2 rings (SSSR count). The summed E-state index contributed by atoms with van der Waals surface area (Å²) in [6.45, 7) is 3.28. The van der Waals surface area contributed by atoms with Crippen LogP contribution in [0.25, 0.3) is 0 Å². The average molecular weight is 259 g/mol. The van der Waals surface area contributed by atoms with Crippen LogP contribution < -0.4 is 10.0 Å². The van der Waals surface area contributed by atoms with Crippen molar-refractivity contribution in [2.45, 2.75) is 31.9 Å². The number of nitrogens with one attached hydrogen (secondary N) is 2. The van der Waals surface area contributed by atoms with Gasteiger partial charge in [0.25, 0.3) is 0 Å². The molecule has 8 heteroatoms. The number of anilines is 1. The van der Waals surface area contributed by atoms with Crippen molar-refractivity contribution in [3.05, 3.63) is 11.5 Å². The predicted molar refractivity (Wildman–Crippen MR) is 60.1 cm³/mol. The smallest absolute Gasteiger partial charge is 0.333 e. The third-order valence-electron chi connectivity index (χ3n) is 2.47. The van der Waals surface area contributed by atoms with Crippen LogP contribution in [0.5, 0.6) is 0 Å². The van der Waals surface area contributed by atoms with E-state index in [0.29, 0.717) is 30.0 Å². The van der Waals surface area contributed by atoms with E-state index in [9.17, 15) is 13.2 Å². The lowest BCUT2D eigenvalue weighted by atomic mass is 10.3. The number of aryl methyl sites for hydroxylation is 2. The summed E-state index contributed by atoms with van der Waals surface area (Å²) < 4.78 is 29.8. The molecule has 0 spiro atoms. The molecule has 0 saturated heterocycles. The monoisotopic (exact) mass is 259 g/mol. The van der Waals surface area contributed by atoms with Gasteiger partial charge in [0.2, 0.25) is 10.0 Å². The van der Waals surface area contributed by atoms with Gasteiger partial charge < -0.3 is 9.84 Å². The normalized spacial score (nSPS) is 15.6. The lowest BCUT2D eigenvalue weighted by Crippen LogP contribution is -2.36. The van der Waals surface area contributed by atoms with Gasteiger partial charge in [0.15, 0.2) is 5.76 Å². The van der Waals surface area contributed by atoms with Gasteiger partial charge in [-0.3, -0.25) is 0 Å². The molecular weight excluding hydrogens is 246 g/mol. The van der Waals surface area contributed by atoms with Crippen molar-refractivity contribution in [2.75, 3.05) is 5.32 Å². The molecule has 1 aliphatic carbocycles. The quantitative estimate of drug-likeness (QED) is 0.840. The topological polar surface area (TPSA) is 101 Å². The minimum atomic E-state index is -3.53. The molecule has 2 N–H and O–H groups in total. The lowest BCUT2D eigenvalue weighted by molar-refractivity contribution is 0.256. The van der Waals surface area contributed by atoms with Gasteiger partial charge in [0.1, 0.15) is 11.4 Å². The van der Waals surface area contributed by atoms with Crippen molar-refractivity contribution < 1.29 is 17.7 Å². The van der Waals surface area contributed by atoms with E-state index < -0.39 is 21.3 Å². The standard InChI is InChI=1S/C9H13N3O4S/c1-5-8(6(2)16-11-5)10-9(13)12-17(14,15)7-3-4-7/h7H,3-4H2,1-2H3,(H2,10,12,13). The van der Waals surface area contributed by atoms with Crippen LogP contribution in [0.15, 0.2) is 4.52 Å². The van der Waals surface area contributed by atoms with Crippen LogP contribution in [0.4, 0.5) is 10.5 Å². The van der Waals surface area contributed by atoms with Gasteiger partial charge in [-0.15, -0.1) is 0 Å². The molecule has 1 heterocycles. The third kappa shape index (κ3) is 2.57. The summed E-state index contributed by atoms with van der Waals surface area (Å²) >= 11 is 0. The van der Waals surface area contributed by atoms with Crippen molar-refractivity contribution in [1.29, 1.82) is 0 Å². The Labute approximate surface area is 98.6 Å². The number of carbonyl (C=O) groups is 1. The molecule has 0 unspecified atom stereocenters. The molecule has 7 nitrogen and oxygen atoms in total. The second-order valence-corrected chi connectivity index (χ2v) is 5.96. The average Bonchev–Trinajstić information content (AvgIpc) is 3.01. The zero-order valence-electron chi connectivity index (χ0n) is 9.48. The Hall–Kier alpha value is -1.57. The molecule has 0 bridgehead atoms. The van der Waals surface area contributed by atoms with E-state index in [0.717, 1.165) is 0 Å². The molecule has 94 valence electrons. The van der Waals surface area contributed by atoms with E-state index in [2.05, 4.69) is 10.5 Å². The SMILES string of the molecule is Cc1noc(C)c1NC(=O)NS(=O)(=O)C1CC1. The number of carbonyl (C=O) groups excluding carboxylic acids is 1. The summed E-state index contributed by atoms with van der Waals surface area (Å²) in [5.41, 5.74) is 0.898. The maximum atomic E-state index is 11.5. The van der Waals surface area contributed by atoms with Crippen molar-refractivity contribution in [3.8, 4) is 0 Å². The highest BCUT2D eigenvalue weighted by Gasteiger charge is 2.37. The van der Waals surface area contributed by atoms with Gasteiger partial charge in [0.05, 0.1) is 5.25 Å². The lowest BCUT2D eigenvalue weighted by Gasteiger charge is -2.06. The molecule has 1 saturated carbocycles. The molecule has 1 aromatic heterocycles. The zero-order chi connectivity index (χ0) is 12.6. The van der Waals surface area contributed by atoms with E-state index in [1.54, 1.807) is 13.8 Å². The number of urea groups is 1. The van der Waals surface area contributed by atoms with E-state index in [1.807, 2.05) is 4.72 Å². The fourth-order valence-corrected chi connectivity index (χ4v) is 2.62. The Morgan fingerprint density at radius 3 is 2.53 bits per heavy atom. The van der Waals surface area contributed by atoms with E-state index >= 15 is 0 Å². The Kier molecular flexibility index (Phi) is 2.82. The van der Waals surface area contributed by atoms with Crippen molar-refractivity contribution in [2.24, 2.45) is 0 Å². The molecule has 17 heavy (non-hydrogen) atoms. The maximum Gasteiger partial charge on any atom is 0.333 e. The Balaban J connectivity index is 2.03. The van der Waals surface area contributed by atoms with Gasteiger partial charge in [-0.05, 0) is 26.7 Å². The summed E-state index contributed by atoms with van der Waals surface area (Å²) in [5, 5.41) is 5.63. The Morgan fingerprint density at radius 2 is 2.06 bits per heavy atom. The van der Waals surface area contributed by atoms with Crippen LogP contribution in [0.3, 0.4) is 0 Å². The first-order valence-corrected chi connectivity index (χ1v) is 6.70. The minimum absolute atomic E-state index is 0.397. The number of aromatic nitrogens is 1. The summed E-state index contributed by atoms with van der Waals surface area (Å²) in [4.78, 5) is 11.5. The number of hydrogen-bond donors (Lipinski definition) is 2. The van der Waals surface area contributed by atoms with Gasteiger partial charge in [-0.2, -0.15) is 0 Å². The van der Waals surface area contributed by atoms with Crippen LogP contribution in [0.1, 0.15) is 24.3 Å². The second-order valence-electron chi connectivity index (χ2n) is 4.00. The van der Waals surface area contributed by atoms with Gasteiger partial charge in [0, 0.05) is 0 Å². The van der Waals surface area contributed by atoms with Crippen LogP contribution in [0, 0.1) is 13.8 Å². The third-order valence-corrected chi connectivity index (χ3v) is 4.29. The molecule has 0 atom stereocenters. The van der Waals surface area contributed by atoms with Crippen LogP contribution in [-0.4, -0.2) is 24.9 Å². The first-order chi connectivity index (χ1) is 7.90. The largest absolute Gasteiger partial charge is 0.359 e. The van der Waals surface area contributed by atoms with Gasteiger partial charge in [-0.1, -0.05) is 5.16 Å². The molecule has 0 aromatic carbocycles. The predicted octanol–water partition coefficient (Wildman–Crippen LogP) is 0.905. The fourth-order valence-electron chi connectivity index (χ4n) is 1.39. The number of hydrogen-bond acceptors (Lipinski definition) is 5.